The molecular weight excluding hydrogens is 266 g/mol. The van der Waals surface area contributed by atoms with E-state index in [0.717, 1.165) is 21.2 Å². The Morgan fingerprint density at radius 3 is 2.88 bits per heavy atom. The Morgan fingerprint density at radius 2 is 2.06 bits per heavy atom. The van der Waals surface area contributed by atoms with Crippen LogP contribution in [-0.2, 0) is 0 Å². The van der Waals surface area contributed by atoms with Gasteiger partial charge in [0, 0.05) is 28.4 Å². The van der Waals surface area contributed by atoms with Crippen LogP contribution in [0.5, 0.6) is 0 Å². The lowest BCUT2D eigenvalue weighted by Crippen LogP contribution is -1.93. The normalized spacial score (nSPS) is 10.8. The maximum absolute atomic E-state index is 4.38. The third-order valence-corrected chi connectivity index (χ3v) is 3.15. The standard InChI is InChI=1S/C12H8BrN3/c13-11-3-6-15-12-10(11)4-7-16(12)9-2-1-5-14-8-9/h1-8H. The quantitative estimate of drug-likeness (QED) is 0.682. The lowest BCUT2D eigenvalue weighted by Gasteiger charge is -2.03. The van der Waals surface area contributed by atoms with E-state index in [2.05, 4.69) is 25.9 Å². The first-order chi connectivity index (χ1) is 7.86. The largest absolute Gasteiger partial charge is 0.300 e. The molecule has 0 N–H and O–H groups in total. The molecule has 3 aromatic heterocycles. The summed E-state index contributed by atoms with van der Waals surface area (Å²) in [7, 11) is 0. The van der Waals surface area contributed by atoms with Crippen molar-refractivity contribution in [3.63, 3.8) is 0 Å². The van der Waals surface area contributed by atoms with Crippen molar-refractivity contribution in [2.24, 2.45) is 0 Å². The predicted octanol–water partition coefficient (Wildman–Crippen LogP) is 3.18. The molecule has 0 radical (unpaired) electrons. The van der Waals surface area contributed by atoms with E-state index >= 15 is 0 Å². The molecule has 0 amide bonds. The van der Waals surface area contributed by atoms with Gasteiger partial charge < -0.3 is 0 Å². The molecular formula is C12H8BrN3. The number of fused-ring (bicyclic) bond motifs is 1. The van der Waals surface area contributed by atoms with Crippen molar-refractivity contribution in [2.75, 3.05) is 0 Å². The second kappa shape index (κ2) is 3.72. The molecule has 3 nitrogen and oxygen atoms in total. The zero-order chi connectivity index (χ0) is 11.0. The Morgan fingerprint density at radius 1 is 1.12 bits per heavy atom. The molecule has 78 valence electrons. The van der Waals surface area contributed by atoms with Gasteiger partial charge in [-0.2, -0.15) is 0 Å². The van der Waals surface area contributed by atoms with Crippen molar-refractivity contribution in [2.45, 2.75) is 0 Å². The number of aromatic nitrogens is 3. The third kappa shape index (κ3) is 1.42. The van der Waals surface area contributed by atoms with Gasteiger partial charge in [0.25, 0.3) is 0 Å². The summed E-state index contributed by atoms with van der Waals surface area (Å²) in [5.41, 5.74) is 1.95. The number of pyridine rings is 2. The number of nitrogens with zero attached hydrogens (tertiary/aromatic N) is 3. The van der Waals surface area contributed by atoms with Gasteiger partial charge in [0.15, 0.2) is 0 Å². The van der Waals surface area contributed by atoms with Crippen LogP contribution in [0.15, 0.2) is 53.5 Å². The van der Waals surface area contributed by atoms with Gasteiger partial charge in [-0.3, -0.25) is 9.55 Å². The minimum absolute atomic E-state index is 0.933. The summed E-state index contributed by atoms with van der Waals surface area (Å²) in [6.07, 6.45) is 7.37. The molecule has 0 unspecified atom stereocenters. The van der Waals surface area contributed by atoms with E-state index in [0.29, 0.717) is 0 Å². The van der Waals surface area contributed by atoms with Crippen LogP contribution in [-0.4, -0.2) is 14.5 Å². The smallest absolute Gasteiger partial charge is 0.145 e. The number of hydrogen-bond acceptors (Lipinski definition) is 2. The van der Waals surface area contributed by atoms with Gasteiger partial charge in [-0.25, -0.2) is 4.98 Å². The van der Waals surface area contributed by atoms with E-state index in [-0.39, 0.29) is 0 Å². The Balaban J connectivity index is 2.30. The van der Waals surface area contributed by atoms with Crippen LogP contribution in [0.25, 0.3) is 16.7 Å². The molecule has 0 aromatic carbocycles. The van der Waals surface area contributed by atoms with Crippen molar-refractivity contribution < 1.29 is 0 Å². The molecule has 4 heteroatoms. The maximum Gasteiger partial charge on any atom is 0.145 e. The Bertz CT molecular complexity index is 631. The highest BCUT2D eigenvalue weighted by Crippen LogP contribution is 2.24. The fourth-order valence-electron chi connectivity index (χ4n) is 1.71. The molecule has 0 fully saturated rings. The van der Waals surface area contributed by atoms with Crippen molar-refractivity contribution in [1.29, 1.82) is 0 Å². The average Bonchev–Trinajstić information content (AvgIpc) is 2.75. The highest BCUT2D eigenvalue weighted by Gasteiger charge is 2.06. The first kappa shape index (κ1) is 9.54. The van der Waals surface area contributed by atoms with Gasteiger partial charge in [-0.05, 0) is 40.2 Å². The summed E-state index contributed by atoms with van der Waals surface area (Å²) >= 11 is 3.51. The molecule has 0 saturated carbocycles. The van der Waals surface area contributed by atoms with Crippen molar-refractivity contribution in [3.05, 3.63) is 53.5 Å². The highest BCUT2D eigenvalue weighted by molar-refractivity contribution is 9.10. The van der Waals surface area contributed by atoms with Gasteiger partial charge in [-0.1, -0.05) is 0 Å². The van der Waals surface area contributed by atoms with Gasteiger partial charge in [0.1, 0.15) is 5.65 Å². The van der Waals surface area contributed by atoms with Crippen LogP contribution in [0, 0.1) is 0 Å². The van der Waals surface area contributed by atoms with Crippen LogP contribution in [0.4, 0.5) is 0 Å². The van der Waals surface area contributed by atoms with Crippen LogP contribution in [0.2, 0.25) is 0 Å². The zero-order valence-corrected chi connectivity index (χ0v) is 9.92. The molecule has 0 spiro atoms. The Hall–Kier alpha value is -1.68. The van der Waals surface area contributed by atoms with E-state index in [9.17, 15) is 0 Å². The van der Waals surface area contributed by atoms with Crippen molar-refractivity contribution >= 4 is 27.0 Å². The molecule has 0 aliphatic heterocycles. The molecule has 16 heavy (non-hydrogen) atoms. The molecule has 0 aliphatic carbocycles. The van der Waals surface area contributed by atoms with Crippen LogP contribution >= 0.6 is 15.9 Å². The highest BCUT2D eigenvalue weighted by atomic mass is 79.9. The van der Waals surface area contributed by atoms with E-state index < -0.39 is 0 Å². The monoisotopic (exact) mass is 273 g/mol. The fourth-order valence-corrected chi connectivity index (χ4v) is 2.14. The maximum atomic E-state index is 4.38. The lowest BCUT2D eigenvalue weighted by atomic mass is 10.3. The summed E-state index contributed by atoms with van der Waals surface area (Å²) in [6.45, 7) is 0. The summed E-state index contributed by atoms with van der Waals surface area (Å²) < 4.78 is 3.08. The van der Waals surface area contributed by atoms with E-state index in [4.69, 9.17) is 0 Å². The van der Waals surface area contributed by atoms with Gasteiger partial charge in [-0.15, -0.1) is 0 Å². The summed E-state index contributed by atoms with van der Waals surface area (Å²) in [4.78, 5) is 8.49. The first-order valence-corrected chi connectivity index (χ1v) is 5.67. The van der Waals surface area contributed by atoms with Crippen LogP contribution < -0.4 is 0 Å². The molecule has 0 bridgehead atoms. The van der Waals surface area contributed by atoms with E-state index in [1.165, 1.54) is 0 Å². The Labute approximate surface area is 101 Å². The summed E-state index contributed by atoms with van der Waals surface area (Å²) in [5, 5.41) is 1.10. The van der Waals surface area contributed by atoms with E-state index in [1.807, 2.05) is 41.2 Å². The zero-order valence-electron chi connectivity index (χ0n) is 8.34. The fraction of sp³-hybridized carbons (Fsp3) is 0. The number of rotatable bonds is 1. The van der Waals surface area contributed by atoms with Gasteiger partial charge >= 0.3 is 0 Å². The molecule has 3 rings (SSSR count). The lowest BCUT2D eigenvalue weighted by molar-refractivity contribution is 1.07. The summed E-state index contributed by atoms with van der Waals surface area (Å²) in [5.74, 6) is 0. The number of hydrogen-bond donors (Lipinski definition) is 0. The minimum Gasteiger partial charge on any atom is -0.300 e. The number of halogens is 1. The second-order valence-electron chi connectivity index (χ2n) is 3.43. The summed E-state index contributed by atoms with van der Waals surface area (Å²) in [6, 6.07) is 7.91. The minimum atomic E-state index is 0.933. The van der Waals surface area contributed by atoms with Crippen LogP contribution in [0.3, 0.4) is 0 Å². The van der Waals surface area contributed by atoms with Gasteiger partial charge in [0.05, 0.1) is 11.9 Å². The van der Waals surface area contributed by atoms with Gasteiger partial charge in [0.2, 0.25) is 0 Å². The molecule has 0 saturated heterocycles. The molecule has 0 aliphatic rings. The van der Waals surface area contributed by atoms with E-state index in [1.54, 1.807) is 12.4 Å². The van der Waals surface area contributed by atoms with Crippen LogP contribution in [0.1, 0.15) is 0 Å². The molecule has 3 aromatic rings. The second-order valence-corrected chi connectivity index (χ2v) is 4.28. The average molecular weight is 274 g/mol. The molecule has 0 atom stereocenters. The molecule has 3 heterocycles. The van der Waals surface area contributed by atoms with Crippen molar-refractivity contribution in [1.82, 2.24) is 14.5 Å². The SMILES string of the molecule is Brc1ccnc2c1ccn2-c1cccnc1. The predicted molar refractivity (Wildman–Crippen MR) is 66.6 cm³/mol. The topological polar surface area (TPSA) is 30.7 Å². The van der Waals surface area contributed by atoms with Crippen molar-refractivity contribution in [3.8, 4) is 5.69 Å². The first-order valence-electron chi connectivity index (χ1n) is 4.88. The third-order valence-electron chi connectivity index (χ3n) is 2.46. The Kier molecular flexibility index (Phi) is 2.22.